The Balaban J connectivity index is 2.75. The van der Waals surface area contributed by atoms with Gasteiger partial charge < -0.3 is 10.4 Å². The summed E-state index contributed by atoms with van der Waals surface area (Å²) in [5.74, 6) is 1.03. The van der Waals surface area contributed by atoms with Gasteiger partial charge in [0.2, 0.25) is 5.91 Å². The van der Waals surface area contributed by atoms with Crippen LogP contribution < -0.4 is 5.32 Å². The molecule has 0 aliphatic heterocycles. The first kappa shape index (κ1) is 18.7. The van der Waals surface area contributed by atoms with E-state index in [2.05, 4.69) is 37.9 Å². The Bertz CT molecular complexity index is 462. The minimum atomic E-state index is -0.550. The number of aliphatic hydroxyl groups is 1. The molecule has 4 nitrogen and oxygen atoms in total. The summed E-state index contributed by atoms with van der Waals surface area (Å²) in [6.07, 6.45) is -0.550. The van der Waals surface area contributed by atoms with Gasteiger partial charge in [-0.3, -0.25) is 9.69 Å². The molecule has 124 valence electrons. The Hall–Kier alpha value is -1.39. The van der Waals surface area contributed by atoms with Crippen molar-refractivity contribution < 1.29 is 9.90 Å². The fourth-order valence-corrected chi connectivity index (χ4v) is 2.63. The molecule has 0 aromatic heterocycles. The third kappa shape index (κ3) is 7.05. The quantitative estimate of drug-likeness (QED) is 0.775. The Morgan fingerprint density at radius 3 is 2.23 bits per heavy atom. The van der Waals surface area contributed by atoms with Gasteiger partial charge in [0.25, 0.3) is 0 Å². The monoisotopic (exact) mass is 306 g/mol. The summed E-state index contributed by atoms with van der Waals surface area (Å²) in [5, 5.41) is 13.3. The minimum Gasteiger partial charge on any atom is -0.387 e. The van der Waals surface area contributed by atoms with Crippen molar-refractivity contribution in [1.82, 2.24) is 4.90 Å². The number of nitrogens with zero attached hydrogens (tertiary/aromatic N) is 1. The van der Waals surface area contributed by atoms with E-state index in [1.165, 1.54) is 6.92 Å². The predicted molar refractivity (Wildman–Crippen MR) is 91.8 cm³/mol. The van der Waals surface area contributed by atoms with E-state index < -0.39 is 6.10 Å². The van der Waals surface area contributed by atoms with Crippen LogP contribution in [0.3, 0.4) is 0 Å². The Labute approximate surface area is 134 Å². The lowest BCUT2D eigenvalue weighted by atomic mass is 10.1. The maximum Gasteiger partial charge on any atom is 0.221 e. The first-order valence-corrected chi connectivity index (χ1v) is 8.06. The average Bonchev–Trinajstić information content (AvgIpc) is 2.36. The summed E-state index contributed by atoms with van der Waals surface area (Å²) < 4.78 is 0. The lowest BCUT2D eigenvalue weighted by molar-refractivity contribution is -0.114. The first-order valence-electron chi connectivity index (χ1n) is 8.06. The minimum absolute atomic E-state index is 0.104. The predicted octanol–water partition coefficient (Wildman–Crippen LogP) is 3.29. The first-order chi connectivity index (χ1) is 10.3. The second kappa shape index (κ2) is 8.91. The van der Waals surface area contributed by atoms with Crippen LogP contribution in [0.25, 0.3) is 0 Å². The summed E-state index contributed by atoms with van der Waals surface area (Å²) in [4.78, 5) is 13.4. The van der Waals surface area contributed by atoms with E-state index in [-0.39, 0.29) is 5.91 Å². The highest BCUT2D eigenvalue weighted by atomic mass is 16.3. The van der Waals surface area contributed by atoms with Crippen molar-refractivity contribution in [3.05, 3.63) is 29.8 Å². The van der Waals surface area contributed by atoms with E-state index >= 15 is 0 Å². The Morgan fingerprint density at radius 2 is 1.73 bits per heavy atom. The van der Waals surface area contributed by atoms with Gasteiger partial charge in [0.1, 0.15) is 0 Å². The smallest absolute Gasteiger partial charge is 0.221 e. The molecule has 1 atom stereocenters. The van der Waals surface area contributed by atoms with Crippen molar-refractivity contribution >= 4 is 11.6 Å². The number of aliphatic hydroxyl groups excluding tert-OH is 1. The fourth-order valence-electron chi connectivity index (χ4n) is 2.63. The zero-order chi connectivity index (χ0) is 16.7. The number of hydrogen-bond donors (Lipinski definition) is 2. The van der Waals surface area contributed by atoms with Gasteiger partial charge in [0.15, 0.2) is 0 Å². The van der Waals surface area contributed by atoms with Gasteiger partial charge >= 0.3 is 0 Å². The SMILES string of the molecule is CC(=O)Nc1cccc(C(O)CN(CC(C)C)CC(C)C)c1. The lowest BCUT2D eigenvalue weighted by Gasteiger charge is -2.28. The molecule has 1 rings (SSSR count). The van der Waals surface area contributed by atoms with E-state index in [1.807, 2.05) is 24.3 Å². The molecule has 0 heterocycles. The van der Waals surface area contributed by atoms with Gasteiger partial charge in [0, 0.05) is 32.2 Å². The van der Waals surface area contributed by atoms with Gasteiger partial charge in [-0.25, -0.2) is 0 Å². The van der Waals surface area contributed by atoms with Crippen LogP contribution in [-0.4, -0.2) is 35.5 Å². The molecule has 0 saturated carbocycles. The molecule has 1 aromatic carbocycles. The van der Waals surface area contributed by atoms with Gasteiger partial charge in [-0.1, -0.05) is 39.8 Å². The molecule has 0 aliphatic carbocycles. The zero-order valence-corrected chi connectivity index (χ0v) is 14.5. The van der Waals surface area contributed by atoms with Crippen molar-refractivity contribution in [2.24, 2.45) is 11.8 Å². The molecule has 1 aromatic rings. The van der Waals surface area contributed by atoms with E-state index in [0.717, 1.165) is 24.3 Å². The molecule has 1 unspecified atom stereocenters. The van der Waals surface area contributed by atoms with E-state index in [4.69, 9.17) is 0 Å². The summed E-state index contributed by atoms with van der Waals surface area (Å²) in [6, 6.07) is 7.44. The fraction of sp³-hybridized carbons (Fsp3) is 0.611. The molecule has 2 N–H and O–H groups in total. The van der Waals surface area contributed by atoms with Crippen molar-refractivity contribution in [2.75, 3.05) is 25.0 Å². The number of carbonyl (C=O) groups excluding carboxylic acids is 1. The van der Waals surface area contributed by atoms with Crippen LogP contribution >= 0.6 is 0 Å². The van der Waals surface area contributed by atoms with Gasteiger partial charge in [-0.15, -0.1) is 0 Å². The molecule has 0 fully saturated rings. The van der Waals surface area contributed by atoms with Gasteiger partial charge in [-0.2, -0.15) is 0 Å². The van der Waals surface area contributed by atoms with Crippen molar-refractivity contribution in [2.45, 2.75) is 40.7 Å². The van der Waals surface area contributed by atoms with Crippen LogP contribution in [0.2, 0.25) is 0 Å². The van der Waals surface area contributed by atoms with Crippen LogP contribution in [0.1, 0.15) is 46.3 Å². The second-order valence-corrected chi connectivity index (χ2v) is 6.83. The number of anilines is 1. The Morgan fingerprint density at radius 1 is 1.14 bits per heavy atom. The number of benzene rings is 1. The van der Waals surface area contributed by atoms with Crippen LogP contribution in [0, 0.1) is 11.8 Å². The molecule has 0 saturated heterocycles. The van der Waals surface area contributed by atoms with Gasteiger partial charge in [-0.05, 0) is 29.5 Å². The number of nitrogens with one attached hydrogen (secondary N) is 1. The van der Waals surface area contributed by atoms with Crippen LogP contribution in [0.15, 0.2) is 24.3 Å². The Kier molecular flexibility index (Phi) is 7.56. The molecule has 0 radical (unpaired) electrons. The van der Waals surface area contributed by atoms with Crippen molar-refractivity contribution in [1.29, 1.82) is 0 Å². The molecule has 0 bridgehead atoms. The number of carbonyl (C=O) groups is 1. The maximum absolute atomic E-state index is 11.1. The number of hydrogen-bond acceptors (Lipinski definition) is 3. The van der Waals surface area contributed by atoms with Crippen LogP contribution in [0.4, 0.5) is 5.69 Å². The standard InChI is InChI=1S/C18H30N2O2/c1-13(2)10-20(11-14(3)4)12-18(22)16-7-6-8-17(9-16)19-15(5)21/h6-9,13-14,18,22H,10-12H2,1-5H3,(H,19,21). The summed E-state index contributed by atoms with van der Waals surface area (Å²) in [5.41, 5.74) is 1.56. The van der Waals surface area contributed by atoms with E-state index in [0.29, 0.717) is 18.4 Å². The second-order valence-electron chi connectivity index (χ2n) is 6.83. The average molecular weight is 306 g/mol. The van der Waals surface area contributed by atoms with E-state index in [9.17, 15) is 9.90 Å². The van der Waals surface area contributed by atoms with Crippen molar-refractivity contribution in [3.8, 4) is 0 Å². The van der Waals surface area contributed by atoms with Crippen LogP contribution in [-0.2, 0) is 4.79 Å². The third-order valence-electron chi connectivity index (χ3n) is 3.27. The molecule has 1 amide bonds. The molecule has 22 heavy (non-hydrogen) atoms. The zero-order valence-electron chi connectivity index (χ0n) is 14.5. The van der Waals surface area contributed by atoms with E-state index in [1.54, 1.807) is 0 Å². The molecule has 4 heteroatoms. The van der Waals surface area contributed by atoms with Crippen LogP contribution in [0.5, 0.6) is 0 Å². The maximum atomic E-state index is 11.1. The number of rotatable bonds is 8. The topological polar surface area (TPSA) is 52.6 Å². The lowest BCUT2D eigenvalue weighted by Crippen LogP contribution is -2.35. The molecular formula is C18H30N2O2. The summed E-state index contributed by atoms with van der Waals surface area (Å²) in [7, 11) is 0. The summed E-state index contributed by atoms with van der Waals surface area (Å²) >= 11 is 0. The highest BCUT2D eigenvalue weighted by molar-refractivity contribution is 5.88. The number of amides is 1. The van der Waals surface area contributed by atoms with Gasteiger partial charge in [0.05, 0.1) is 6.10 Å². The summed E-state index contributed by atoms with van der Waals surface area (Å²) in [6.45, 7) is 12.8. The normalized spacial score (nSPS) is 13.0. The highest BCUT2D eigenvalue weighted by Crippen LogP contribution is 2.19. The van der Waals surface area contributed by atoms with Crippen molar-refractivity contribution in [3.63, 3.8) is 0 Å². The molecule has 0 spiro atoms. The molecular weight excluding hydrogens is 276 g/mol. The largest absolute Gasteiger partial charge is 0.387 e. The third-order valence-corrected chi connectivity index (χ3v) is 3.27. The highest BCUT2D eigenvalue weighted by Gasteiger charge is 2.16. The molecule has 0 aliphatic rings.